The van der Waals surface area contributed by atoms with Gasteiger partial charge in [0.25, 0.3) is 0 Å². The molecule has 0 rings (SSSR count). The maximum absolute atomic E-state index is 11.8. The van der Waals surface area contributed by atoms with Gasteiger partial charge in [-0.1, -0.05) is 0 Å². The summed E-state index contributed by atoms with van der Waals surface area (Å²) in [4.78, 5) is 33.8. The number of hydrogen-bond acceptors (Lipinski definition) is 3. The van der Waals surface area contributed by atoms with Crippen molar-refractivity contribution in [2.45, 2.75) is 46.1 Å². The molecular formula is C13H25N3O4. The standard InChI is InChI=1S/C13H25N3O4/c1-12(2,10(19)14-5)8-15-11(20)16-13(3,4)7-6-9(17)18/h6-8H2,1-5H3,(H,14,19)(H,17,18)(H2,15,16,20). The first-order chi connectivity index (χ1) is 9.00. The molecule has 20 heavy (non-hydrogen) atoms. The molecule has 0 atom stereocenters. The van der Waals surface area contributed by atoms with Crippen LogP contribution in [0.2, 0.25) is 0 Å². The number of carbonyl (C=O) groups is 3. The molecule has 0 unspecified atom stereocenters. The zero-order valence-corrected chi connectivity index (χ0v) is 12.8. The third-order valence-electron chi connectivity index (χ3n) is 2.95. The van der Waals surface area contributed by atoms with Crippen molar-refractivity contribution in [3.8, 4) is 0 Å². The molecule has 116 valence electrons. The van der Waals surface area contributed by atoms with Crippen LogP contribution in [0.3, 0.4) is 0 Å². The van der Waals surface area contributed by atoms with Gasteiger partial charge >= 0.3 is 12.0 Å². The van der Waals surface area contributed by atoms with Crippen molar-refractivity contribution in [3.05, 3.63) is 0 Å². The highest BCUT2D eigenvalue weighted by Crippen LogP contribution is 2.14. The van der Waals surface area contributed by atoms with Gasteiger partial charge in [-0.15, -0.1) is 0 Å². The maximum Gasteiger partial charge on any atom is 0.315 e. The van der Waals surface area contributed by atoms with Gasteiger partial charge in [0.1, 0.15) is 0 Å². The monoisotopic (exact) mass is 287 g/mol. The lowest BCUT2D eigenvalue weighted by molar-refractivity contribution is -0.137. The average Bonchev–Trinajstić information content (AvgIpc) is 2.32. The van der Waals surface area contributed by atoms with Gasteiger partial charge < -0.3 is 21.1 Å². The molecule has 0 aromatic rings. The third kappa shape index (κ3) is 6.96. The highest BCUT2D eigenvalue weighted by Gasteiger charge is 2.28. The van der Waals surface area contributed by atoms with Gasteiger partial charge in [-0.2, -0.15) is 0 Å². The fraction of sp³-hybridized carbons (Fsp3) is 0.769. The minimum Gasteiger partial charge on any atom is -0.481 e. The van der Waals surface area contributed by atoms with Crippen LogP contribution in [0.4, 0.5) is 4.79 Å². The molecule has 3 amide bonds. The molecule has 7 heteroatoms. The number of carboxylic acid groups (broad SMARTS) is 1. The smallest absolute Gasteiger partial charge is 0.315 e. The molecule has 0 bridgehead atoms. The summed E-state index contributed by atoms with van der Waals surface area (Å²) < 4.78 is 0. The lowest BCUT2D eigenvalue weighted by Crippen LogP contribution is -2.52. The molecular weight excluding hydrogens is 262 g/mol. The van der Waals surface area contributed by atoms with Gasteiger partial charge in [-0.05, 0) is 34.1 Å². The van der Waals surface area contributed by atoms with Gasteiger partial charge in [0.2, 0.25) is 5.91 Å². The van der Waals surface area contributed by atoms with Gasteiger partial charge in [0, 0.05) is 25.6 Å². The molecule has 0 aromatic carbocycles. The van der Waals surface area contributed by atoms with E-state index in [0.717, 1.165) is 0 Å². The van der Waals surface area contributed by atoms with Gasteiger partial charge in [0.05, 0.1) is 5.41 Å². The molecule has 0 spiro atoms. The fourth-order valence-corrected chi connectivity index (χ4v) is 1.55. The topological polar surface area (TPSA) is 108 Å². The Labute approximate surface area is 119 Å². The Kier molecular flexibility index (Phi) is 6.48. The summed E-state index contributed by atoms with van der Waals surface area (Å²) in [5.74, 6) is -1.07. The Bertz CT molecular complexity index is 378. The molecule has 0 fully saturated rings. The third-order valence-corrected chi connectivity index (χ3v) is 2.95. The second-order valence-corrected chi connectivity index (χ2v) is 6.05. The minimum atomic E-state index is -0.902. The zero-order chi connectivity index (χ0) is 16.0. The predicted octanol–water partition coefficient (Wildman–Crippen LogP) is 0.701. The first-order valence-corrected chi connectivity index (χ1v) is 6.50. The first kappa shape index (κ1) is 18.2. The SMILES string of the molecule is CNC(=O)C(C)(C)CNC(=O)NC(C)(C)CCC(=O)O. The van der Waals surface area contributed by atoms with Gasteiger partial charge in [-0.3, -0.25) is 9.59 Å². The largest absolute Gasteiger partial charge is 0.481 e. The molecule has 0 aliphatic heterocycles. The van der Waals surface area contributed by atoms with Crippen molar-refractivity contribution in [3.63, 3.8) is 0 Å². The molecule has 0 aliphatic rings. The number of amides is 3. The van der Waals surface area contributed by atoms with Crippen molar-refractivity contribution in [1.29, 1.82) is 0 Å². The van der Waals surface area contributed by atoms with Crippen molar-refractivity contribution in [2.75, 3.05) is 13.6 Å². The summed E-state index contributed by atoms with van der Waals surface area (Å²) in [6, 6.07) is -0.419. The Morgan fingerprint density at radius 3 is 2.10 bits per heavy atom. The second kappa shape index (κ2) is 7.12. The van der Waals surface area contributed by atoms with Crippen LogP contribution in [0, 0.1) is 5.41 Å². The van der Waals surface area contributed by atoms with E-state index in [0.29, 0.717) is 6.42 Å². The number of nitrogens with one attached hydrogen (secondary N) is 3. The van der Waals surface area contributed by atoms with E-state index >= 15 is 0 Å². The lowest BCUT2D eigenvalue weighted by Gasteiger charge is -2.28. The van der Waals surface area contributed by atoms with E-state index in [2.05, 4.69) is 16.0 Å². The number of aliphatic carboxylic acids is 1. The summed E-state index contributed by atoms with van der Waals surface area (Å²) in [6.45, 7) is 7.13. The molecule has 0 aliphatic carbocycles. The fourth-order valence-electron chi connectivity index (χ4n) is 1.55. The Morgan fingerprint density at radius 1 is 1.10 bits per heavy atom. The molecule has 7 nitrogen and oxygen atoms in total. The Morgan fingerprint density at radius 2 is 1.65 bits per heavy atom. The number of urea groups is 1. The van der Waals surface area contributed by atoms with E-state index in [-0.39, 0.29) is 18.9 Å². The Balaban J connectivity index is 4.29. The number of carboxylic acids is 1. The van der Waals surface area contributed by atoms with Gasteiger partial charge in [-0.25, -0.2) is 4.79 Å². The van der Waals surface area contributed by atoms with Crippen LogP contribution in [-0.2, 0) is 9.59 Å². The highest BCUT2D eigenvalue weighted by molar-refractivity contribution is 5.83. The van der Waals surface area contributed by atoms with Crippen molar-refractivity contribution in [2.24, 2.45) is 5.41 Å². The van der Waals surface area contributed by atoms with Crippen LogP contribution in [-0.4, -0.2) is 42.1 Å². The minimum absolute atomic E-state index is 0.0169. The second-order valence-electron chi connectivity index (χ2n) is 6.05. The van der Waals surface area contributed by atoms with Crippen molar-refractivity contribution >= 4 is 17.9 Å². The van der Waals surface area contributed by atoms with Crippen LogP contribution in [0.5, 0.6) is 0 Å². The van der Waals surface area contributed by atoms with Crippen LogP contribution >= 0.6 is 0 Å². The van der Waals surface area contributed by atoms with Crippen molar-refractivity contribution in [1.82, 2.24) is 16.0 Å². The quantitative estimate of drug-likeness (QED) is 0.553. The number of carbonyl (C=O) groups excluding carboxylic acids is 2. The van der Waals surface area contributed by atoms with Crippen LogP contribution < -0.4 is 16.0 Å². The predicted molar refractivity (Wildman–Crippen MR) is 75.3 cm³/mol. The normalized spacial score (nSPS) is 11.7. The molecule has 0 aromatic heterocycles. The van der Waals surface area contributed by atoms with Crippen LogP contribution in [0.25, 0.3) is 0 Å². The molecule has 0 saturated heterocycles. The number of rotatable bonds is 7. The zero-order valence-electron chi connectivity index (χ0n) is 12.8. The molecule has 0 heterocycles. The van der Waals surface area contributed by atoms with E-state index in [4.69, 9.17) is 5.11 Å². The average molecular weight is 287 g/mol. The summed E-state index contributed by atoms with van der Waals surface area (Å²) in [7, 11) is 1.54. The lowest BCUT2D eigenvalue weighted by atomic mass is 9.92. The Hall–Kier alpha value is -1.79. The summed E-state index contributed by atoms with van der Waals surface area (Å²) in [5, 5.41) is 16.5. The summed E-state index contributed by atoms with van der Waals surface area (Å²) in [5.41, 5.74) is -1.34. The highest BCUT2D eigenvalue weighted by atomic mass is 16.4. The summed E-state index contributed by atoms with van der Waals surface area (Å²) in [6.07, 6.45) is 0.311. The van der Waals surface area contributed by atoms with E-state index in [1.54, 1.807) is 34.7 Å². The van der Waals surface area contributed by atoms with Gasteiger partial charge in [0.15, 0.2) is 0 Å². The van der Waals surface area contributed by atoms with E-state index in [1.165, 1.54) is 0 Å². The maximum atomic E-state index is 11.8. The first-order valence-electron chi connectivity index (χ1n) is 6.50. The summed E-state index contributed by atoms with van der Waals surface area (Å²) >= 11 is 0. The van der Waals surface area contributed by atoms with E-state index < -0.39 is 23.0 Å². The van der Waals surface area contributed by atoms with E-state index in [1.807, 2.05) is 0 Å². The van der Waals surface area contributed by atoms with E-state index in [9.17, 15) is 14.4 Å². The molecule has 0 radical (unpaired) electrons. The van der Waals surface area contributed by atoms with Crippen LogP contribution in [0.1, 0.15) is 40.5 Å². The molecule has 4 N–H and O–H groups in total. The van der Waals surface area contributed by atoms with Crippen LogP contribution in [0.15, 0.2) is 0 Å². The molecule has 0 saturated carbocycles. The van der Waals surface area contributed by atoms with Crippen molar-refractivity contribution < 1.29 is 19.5 Å². The number of hydrogen-bond donors (Lipinski definition) is 4.